The highest BCUT2D eigenvalue weighted by Gasteiger charge is 2.21. The van der Waals surface area contributed by atoms with Crippen molar-refractivity contribution in [3.05, 3.63) is 91.9 Å². The number of hydrogen-bond acceptors (Lipinski definition) is 7. The number of aromatic nitrogens is 1. The molecule has 0 aliphatic carbocycles. The van der Waals surface area contributed by atoms with Crippen molar-refractivity contribution in [3.63, 3.8) is 0 Å². The molecule has 0 saturated carbocycles. The molecule has 2 aromatic carbocycles. The first-order valence-electron chi connectivity index (χ1n) is 11.4. The highest BCUT2D eigenvalue weighted by molar-refractivity contribution is 7.90. The standard InChI is InChI=1S/C26H26ClN3O3S3/c1-17(2)18-5-7-19(8-6-18)22-16-35-26(29-22)25(23-4-3-15-34-23)28-14-13-24(31)30-36(32,33)21-11-9-20(27)10-12-21/h3-12,15-17,25,28H,13-14H2,1-2H3,(H,30,31). The largest absolute Gasteiger partial charge is 0.303 e. The van der Waals surface area contributed by atoms with E-state index in [9.17, 15) is 13.2 Å². The van der Waals surface area contributed by atoms with Crippen LogP contribution in [0, 0.1) is 0 Å². The fourth-order valence-corrected chi connectivity index (χ4v) is 6.50. The lowest BCUT2D eigenvalue weighted by Crippen LogP contribution is -2.33. The molecule has 0 radical (unpaired) electrons. The first-order valence-corrected chi connectivity index (χ1v) is 15.0. The number of sulfonamides is 1. The van der Waals surface area contributed by atoms with E-state index in [4.69, 9.17) is 16.6 Å². The molecule has 0 aliphatic rings. The van der Waals surface area contributed by atoms with E-state index in [1.807, 2.05) is 22.9 Å². The number of carbonyl (C=O) groups excluding carboxylic acids is 1. The van der Waals surface area contributed by atoms with Gasteiger partial charge in [0.05, 0.1) is 16.6 Å². The number of rotatable bonds is 10. The Morgan fingerprint density at radius 2 is 1.75 bits per heavy atom. The summed E-state index contributed by atoms with van der Waals surface area (Å²) in [6.07, 6.45) is -0.0103. The van der Waals surface area contributed by atoms with Crippen LogP contribution in [0.5, 0.6) is 0 Å². The lowest BCUT2D eigenvalue weighted by Gasteiger charge is -2.15. The van der Waals surface area contributed by atoms with E-state index in [1.165, 1.54) is 29.8 Å². The van der Waals surface area contributed by atoms with Gasteiger partial charge in [0, 0.05) is 33.8 Å². The summed E-state index contributed by atoms with van der Waals surface area (Å²) in [5, 5.41) is 8.71. The average Bonchev–Trinajstić information content (AvgIpc) is 3.55. The maximum atomic E-state index is 12.5. The molecule has 1 unspecified atom stereocenters. The SMILES string of the molecule is CC(C)c1ccc(-c2csc(C(NCCC(=O)NS(=O)(=O)c3ccc(Cl)cc3)c3cccs3)n2)cc1. The predicted molar refractivity (Wildman–Crippen MR) is 147 cm³/mol. The molecule has 6 nitrogen and oxygen atoms in total. The quantitative estimate of drug-likeness (QED) is 0.241. The third-order valence-electron chi connectivity index (χ3n) is 5.54. The summed E-state index contributed by atoms with van der Waals surface area (Å²) in [6, 6.07) is 17.9. The van der Waals surface area contributed by atoms with E-state index >= 15 is 0 Å². The number of benzene rings is 2. The molecule has 4 rings (SSSR count). The van der Waals surface area contributed by atoms with Crippen LogP contribution in [0.4, 0.5) is 0 Å². The van der Waals surface area contributed by atoms with Gasteiger partial charge in [0.1, 0.15) is 5.01 Å². The van der Waals surface area contributed by atoms with Crippen molar-refractivity contribution in [3.8, 4) is 11.3 Å². The minimum Gasteiger partial charge on any atom is -0.303 e. The van der Waals surface area contributed by atoms with Crippen LogP contribution in [0.15, 0.2) is 76.3 Å². The molecule has 0 spiro atoms. The number of nitrogens with one attached hydrogen (secondary N) is 2. The van der Waals surface area contributed by atoms with Crippen molar-refractivity contribution >= 4 is 50.2 Å². The lowest BCUT2D eigenvalue weighted by atomic mass is 10.0. The third-order valence-corrected chi connectivity index (χ3v) is 9.03. The molecule has 1 amide bonds. The highest BCUT2D eigenvalue weighted by atomic mass is 35.5. The topological polar surface area (TPSA) is 88.2 Å². The van der Waals surface area contributed by atoms with E-state index in [2.05, 4.69) is 48.2 Å². The minimum absolute atomic E-state index is 0.0103. The van der Waals surface area contributed by atoms with E-state index in [0.29, 0.717) is 10.9 Å². The Labute approximate surface area is 224 Å². The Morgan fingerprint density at radius 3 is 2.39 bits per heavy atom. The molecule has 2 heterocycles. The molecule has 0 aliphatic heterocycles. The van der Waals surface area contributed by atoms with E-state index < -0.39 is 15.9 Å². The highest BCUT2D eigenvalue weighted by Crippen LogP contribution is 2.32. The van der Waals surface area contributed by atoms with Gasteiger partial charge in [0.25, 0.3) is 10.0 Å². The van der Waals surface area contributed by atoms with Crippen LogP contribution in [0.1, 0.15) is 47.7 Å². The number of carbonyl (C=O) groups is 1. The van der Waals surface area contributed by atoms with Crippen molar-refractivity contribution in [1.82, 2.24) is 15.0 Å². The van der Waals surface area contributed by atoms with Gasteiger partial charge in [-0.1, -0.05) is 55.8 Å². The fourth-order valence-electron chi connectivity index (χ4n) is 3.56. The lowest BCUT2D eigenvalue weighted by molar-refractivity contribution is -0.119. The normalized spacial score (nSPS) is 12.6. The first-order chi connectivity index (χ1) is 17.2. The van der Waals surface area contributed by atoms with Crippen LogP contribution in [0.25, 0.3) is 11.3 Å². The summed E-state index contributed by atoms with van der Waals surface area (Å²) in [5.41, 5.74) is 3.24. The van der Waals surface area contributed by atoms with E-state index in [1.54, 1.807) is 22.7 Å². The summed E-state index contributed by atoms with van der Waals surface area (Å²) in [6.45, 7) is 4.61. The molecule has 188 valence electrons. The molecule has 0 saturated heterocycles. The maximum Gasteiger partial charge on any atom is 0.264 e. The van der Waals surface area contributed by atoms with Crippen molar-refractivity contribution in [2.45, 2.75) is 37.1 Å². The zero-order valence-corrected chi connectivity index (χ0v) is 23.0. The summed E-state index contributed by atoms with van der Waals surface area (Å²) < 4.78 is 27.0. The molecule has 1 atom stereocenters. The van der Waals surface area contributed by atoms with Gasteiger partial charge in [-0.05, 0) is 47.2 Å². The smallest absolute Gasteiger partial charge is 0.264 e. The number of hydrogen-bond donors (Lipinski definition) is 2. The Kier molecular flexibility index (Phi) is 8.58. The molecular weight excluding hydrogens is 534 g/mol. The Hall–Kier alpha value is -2.56. The average molecular weight is 560 g/mol. The Balaban J connectivity index is 1.42. The van der Waals surface area contributed by atoms with Crippen molar-refractivity contribution in [1.29, 1.82) is 0 Å². The minimum atomic E-state index is -3.95. The van der Waals surface area contributed by atoms with Crippen LogP contribution < -0.4 is 10.0 Å². The van der Waals surface area contributed by atoms with Gasteiger partial charge >= 0.3 is 0 Å². The molecule has 2 N–H and O–H groups in total. The molecule has 0 bridgehead atoms. The van der Waals surface area contributed by atoms with Crippen LogP contribution in [-0.4, -0.2) is 25.9 Å². The number of thiazole rings is 1. The summed E-state index contributed by atoms with van der Waals surface area (Å²) in [7, 11) is -3.95. The number of thiophene rings is 1. The predicted octanol–water partition coefficient (Wildman–Crippen LogP) is 6.22. The fraction of sp³-hybridized carbons (Fsp3) is 0.231. The van der Waals surface area contributed by atoms with Crippen molar-refractivity contribution in [2.24, 2.45) is 0 Å². The van der Waals surface area contributed by atoms with Gasteiger partial charge < -0.3 is 5.32 Å². The third kappa shape index (κ3) is 6.60. The number of nitrogens with zero attached hydrogens (tertiary/aromatic N) is 1. The molecule has 36 heavy (non-hydrogen) atoms. The molecule has 0 fully saturated rings. The second-order valence-corrected chi connectivity index (χ2v) is 12.5. The van der Waals surface area contributed by atoms with Crippen LogP contribution in [-0.2, 0) is 14.8 Å². The van der Waals surface area contributed by atoms with Crippen LogP contribution in [0.2, 0.25) is 5.02 Å². The summed E-state index contributed by atoms with van der Waals surface area (Å²) in [4.78, 5) is 18.3. The second-order valence-electron chi connectivity index (χ2n) is 8.48. The molecule has 10 heteroatoms. The molecule has 2 aromatic heterocycles. The van der Waals surface area contributed by atoms with Gasteiger partial charge in [-0.3, -0.25) is 4.79 Å². The van der Waals surface area contributed by atoms with Crippen molar-refractivity contribution in [2.75, 3.05) is 6.54 Å². The monoisotopic (exact) mass is 559 g/mol. The van der Waals surface area contributed by atoms with Crippen LogP contribution >= 0.6 is 34.3 Å². The second kappa shape index (κ2) is 11.7. The van der Waals surface area contributed by atoms with Gasteiger partial charge in [-0.15, -0.1) is 22.7 Å². The van der Waals surface area contributed by atoms with Gasteiger partial charge in [-0.25, -0.2) is 18.1 Å². The zero-order valence-electron chi connectivity index (χ0n) is 19.8. The Bertz CT molecular complexity index is 1400. The summed E-state index contributed by atoms with van der Waals surface area (Å²) >= 11 is 8.97. The zero-order chi connectivity index (χ0) is 25.7. The molecule has 4 aromatic rings. The number of amides is 1. The first kappa shape index (κ1) is 26.5. The number of halogens is 1. The van der Waals surface area contributed by atoms with E-state index in [-0.39, 0.29) is 23.9 Å². The van der Waals surface area contributed by atoms with E-state index in [0.717, 1.165) is 21.1 Å². The van der Waals surface area contributed by atoms with Gasteiger partial charge in [0.2, 0.25) is 5.91 Å². The Morgan fingerprint density at radius 1 is 1.03 bits per heavy atom. The summed E-state index contributed by atoms with van der Waals surface area (Å²) in [5.74, 6) is -0.122. The van der Waals surface area contributed by atoms with Gasteiger partial charge in [-0.2, -0.15) is 0 Å². The molecular formula is C26H26ClN3O3S3. The van der Waals surface area contributed by atoms with Gasteiger partial charge in [0.15, 0.2) is 0 Å². The van der Waals surface area contributed by atoms with Crippen molar-refractivity contribution < 1.29 is 13.2 Å². The van der Waals surface area contributed by atoms with Crippen LogP contribution in [0.3, 0.4) is 0 Å². The maximum absolute atomic E-state index is 12.5.